The maximum atomic E-state index is 13.1. The van der Waals surface area contributed by atoms with Crippen LogP contribution in [0, 0.1) is 23.2 Å². The van der Waals surface area contributed by atoms with Crippen LogP contribution in [-0.4, -0.2) is 23.0 Å². The van der Waals surface area contributed by atoms with Gasteiger partial charge >= 0.3 is 5.97 Å². The van der Waals surface area contributed by atoms with Crippen LogP contribution in [0.25, 0.3) is 0 Å². The van der Waals surface area contributed by atoms with Gasteiger partial charge in [-0.2, -0.15) is 0 Å². The molecule has 0 aromatic heterocycles. The molecule has 4 nitrogen and oxygen atoms in total. The molecule has 4 aliphatic carbocycles. The minimum atomic E-state index is -0.964. The van der Waals surface area contributed by atoms with Gasteiger partial charge < -0.3 is 10.4 Å². The van der Waals surface area contributed by atoms with Gasteiger partial charge in [-0.15, -0.1) is 0 Å². The third-order valence-electron chi connectivity index (χ3n) is 6.51. The van der Waals surface area contributed by atoms with Crippen molar-refractivity contribution in [2.45, 2.75) is 51.0 Å². The van der Waals surface area contributed by atoms with Gasteiger partial charge in [-0.05, 0) is 67.9 Å². The average Bonchev–Trinajstić information content (AvgIpc) is 2.54. The second-order valence-electron chi connectivity index (χ2n) is 8.36. The second-order valence-corrected chi connectivity index (χ2v) is 9.21. The van der Waals surface area contributed by atoms with Gasteiger partial charge in [0, 0.05) is 16.3 Å². The van der Waals surface area contributed by atoms with Crippen molar-refractivity contribution in [1.29, 1.82) is 0 Å². The van der Waals surface area contributed by atoms with Gasteiger partial charge in [-0.1, -0.05) is 34.1 Å². The lowest BCUT2D eigenvalue weighted by molar-refractivity contribution is -0.151. The number of rotatable bonds is 5. The Labute approximate surface area is 156 Å². The van der Waals surface area contributed by atoms with E-state index in [1.54, 1.807) is 0 Å². The molecular formula is C20H24BrNO3. The van der Waals surface area contributed by atoms with Gasteiger partial charge in [-0.3, -0.25) is 4.79 Å². The largest absolute Gasteiger partial charge is 0.480 e. The summed E-state index contributed by atoms with van der Waals surface area (Å²) in [5, 5.41) is 12.5. The van der Waals surface area contributed by atoms with Crippen LogP contribution in [0.4, 0.5) is 0 Å². The fourth-order valence-corrected chi connectivity index (χ4v) is 6.23. The zero-order valence-electron chi connectivity index (χ0n) is 14.2. The summed E-state index contributed by atoms with van der Waals surface area (Å²) in [7, 11) is 0. The quantitative estimate of drug-likeness (QED) is 0.782. The van der Waals surface area contributed by atoms with Crippen molar-refractivity contribution in [1.82, 2.24) is 5.32 Å². The molecule has 0 unspecified atom stereocenters. The molecule has 134 valence electrons. The van der Waals surface area contributed by atoms with Gasteiger partial charge in [0.2, 0.25) is 5.91 Å². The first-order valence-electron chi connectivity index (χ1n) is 9.22. The molecule has 4 fully saturated rings. The summed E-state index contributed by atoms with van der Waals surface area (Å²) >= 11 is 3.47. The van der Waals surface area contributed by atoms with Crippen LogP contribution in [0.3, 0.4) is 0 Å². The van der Waals surface area contributed by atoms with Gasteiger partial charge in [0.25, 0.3) is 0 Å². The van der Waals surface area contributed by atoms with E-state index in [1.165, 1.54) is 19.3 Å². The van der Waals surface area contributed by atoms with Gasteiger partial charge in [-0.25, -0.2) is 4.79 Å². The molecule has 4 bridgehead atoms. The van der Waals surface area contributed by atoms with Gasteiger partial charge in [0.1, 0.15) is 6.04 Å². The molecule has 4 saturated carbocycles. The average molecular weight is 406 g/mol. The first kappa shape index (κ1) is 17.1. The predicted molar refractivity (Wildman–Crippen MR) is 98.0 cm³/mol. The molecule has 0 aliphatic heterocycles. The normalized spacial score (nSPS) is 33.9. The Morgan fingerprint density at radius 2 is 1.68 bits per heavy atom. The van der Waals surface area contributed by atoms with E-state index in [0.717, 1.165) is 29.3 Å². The number of hydrogen-bond donors (Lipinski definition) is 2. The second kappa shape index (κ2) is 6.42. The Bertz CT molecular complexity index is 667. The number of carboxylic acid groups (broad SMARTS) is 1. The fraction of sp³-hybridized carbons (Fsp3) is 0.600. The van der Waals surface area contributed by atoms with E-state index < -0.39 is 12.0 Å². The molecule has 25 heavy (non-hydrogen) atoms. The van der Waals surface area contributed by atoms with Crippen molar-refractivity contribution in [3.8, 4) is 0 Å². The number of halogens is 1. The highest BCUT2D eigenvalue weighted by Gasteiger charge is 2.54. The first-order valence-corrected chi connectivity index (χ1v) is 10.0. The molecule has 1 aromatic rings. The summed E-state index contributed by atoms with van der Waals surface area (Å²) in [6.07, 6.45) is 6.96. The molecule has 0 heterocycles. The number of carboxylic acids is 1. The zero-order chi connectivity index (χ0) is 17.6. The Kier molecular flexibility index (Phi) is 4.38. The lowest BCUT2D eigenvalue weighted by atomic mass is 9.49. The van der Waals surface area contributed by atoms with E-state index in [9.17, 15) is 14.7 Å². The van der Waals surface area contributed by atoms with Crippen molar-refractivity contribution in [3.05, 3.63) is 34.3 Å². The number of carbonyl (C=O) groups excluding carboxylic acids is 1. The molecule has 5 heteroatoms. The fourth-order valence-electron chi connectivity index (χ4n) is 5.78. The molecule has 1 aromatic carbocycles. The topological polar surface area (TPSA) is 66.4 Å². The Morgan fingerprint density at radius 3 is 2.20 bits per heavy atom. The molecule has 0 radical (unpaired) electrons. The summed E-state index contributed by atoms with van der Waals surface area (Å²) in [6, 6.07) is 6.71. The van der Waals surface area contributed by atoms with Crippen molar-refractivity contribution in [2.24, 2.45) is 23.2 Å². The van der Waals surface area contributed by atoms with E-state index in [4.69, 9.17) is 0 Å². The number of amides is 1. The summed E-state index contributed by atoms with van der Waals surface area (Å²) in [5.74, 6) is 1.02. The van der Waals surface area contributed by atoms with Crippen LogP contribution in [-0.2, 0) is 16.0 Å². The Morgan fingerprint density at radius 1 is 1.12 bits per heavy atom. The van der Waals surface area contributed by atoms with E-state index in [2.05, 4.69) is 21.2 Å². The number of benzene rings is 1. The van der Waals surface area contributed by atoms with Crippen LogP contribution >= 0.6 is 15.9 Å². The maximum Gasteiger partial charge on any atom is 0.326 e. The lowest BCUT2D eigenvalue weighted by Gasteiger charge is -2.55. The van der Waals surface area contributed by atoms with Crippen LogP contribution in [0.15, 0.2) is 28.7 Å². The summed E-state index contributed by atoms with van der Waals surface area (Å²) < 4.78 is 0.880. The zero-order valence-corrected chi connectivity index (χ0v) is 15.8. The molecule has 4 aliphatic rings. The van der Waals surface area contributed by atoms with Crippen LogP contribution in [0.2, 0.25) is 0 Å². The molecular weight excluding hydrogens is 382 g/mol. The molecule has 5 rings (SSSR count). The van der Waals surface area contributed by atoms with Crippen molar-refractivity contribution in [3.63, 3.8) is 0 Å². The molecule has 0 saturated heterocycles. The third-order valence-corrected chi connectivity index (χ3v) is 7.28. The number of nitrogens with one attached hydrogen (secondary N) is 1. The van der Waals surface area contributed by atoms with Crippen molar-refractivity contribution in [2.75, 3.05) is 0 Å². The minimum Gasteiger partial charge on any atom is -0.480 e. The highest BCUT2D eigenvalue weighted by atomic mass is 79.9. The summed E-state index contributed by atoms with van der Waals surface area (Å²) in [4.78, 5) is 24.8. The van der Waals surface area contributed by atoms with Gasteiger partial charge in [0.15, 0.2) is 0 Å². The molecule has 0 spiro atoms. The SMILES string of the molecule is O=C(O)[C@H](Cc1ccccc1Br)NC(=O)C12CC3CC(CC(C3)C1)C2. The monoisotopic (exact) mass is 405 g/mol. The van der Waals surface area contributed by atoms with E-state index >= 15 is 0 Å². The molecule has 1 amide bonds. The predicted octanol–water partition coefficient (Wildman–Crippen LogP) is 3.78. The Balaban J connectivity index is 1.50. The van der Waals surface area contributed by atoms with Crippen LogP contribution < -0.4 is 5.32 Å². The number of carbonyl (C=O) groups is 2. The standard InChI is InChI=1S/C20H24BrNO3/c21-16-4-2-1-3-15(16)8-17(18(23)24)22-19(25)20-9-12-5-13(10-20)7-14(6-12)11-20/h1-4,12-14,17H,5-11H2,(H,22,25)(H,23,24)/t12?,13?,14?,17-,20?/m0/s1. The lowest BCUT2D eigenvalue weighted by Crippen LogP contribution is -2.56. The van der Waals surface area contributed by atoms with Crippen LogP contribution in [0.5, 0.6) is 0 Å². The highest BCUT2D eigenvalue weighted by Crippen LogP contribution is 2.60. The minimum absolute atomic E-state index is 0.0222. The first-order chi connectivity index (χ1) is 11.9. The molecule has 1 atom stereocenters. The maximum absolute atomic E-state index is 13.1. The van der Waals surface area contributed by atoms with E-state index in [1.807, 2.05) is 24.3 Å². The number of hydrogen-bond acceptors (Lipinski definition) is 2. The van der Waals surface area contributed by atoms with Crippen molar-refractivity contribution >= 4 is 27.8 Å². The van der Waals surface area contributed by atoms with Gasteiger partial charge in [0.05, 0.1) is 0 Å². The summed E-state index contributed by atoms with van der Waals surface area (Å²) in [6.45, 7) is 0. The smallest absolute Gasteiger partial charge is 0.326 e. The third kappa shape index (κ3) is 3.23. The summed E-state index contributed by atoms with van der Waals surface area (Å²) in [5.41, 5.74) is 0.594. The highest BCUT2D eigenvalue weighted by molar-refractivity contribution is 9.10. The Hall–Kier alpha value is -1.36. The van der Waals surface area contributed by atoms with Crippen LogP contribution in [0.1, 0.15) is 44.1 Å². The van der Waals surface area contributed by atoms with E-state index in [-0.39, 0.29) is 11.3 Å². The van der Waals surface area contributed by atoms with E-state index in [0.29, 0.717) is 24.2 Å². The number of aliphatic carboxylic acids is 1. The van der Waals surface area contributed by atoms with Crippen molar-refractivity contribution < 1.29 is 14.7 Å². The molecule has 2 N–H and O–H groups in total.